The van der Waals surface area contributed by atoms with E-state index in [4.69, 9.17) is 22.4 Å². The maximum absolute atomic E-state index is 13.2. The van der Waals surface area contributed by atoms with Crippen molar-refractivity contribution in [1.29, 1.82) is 0 Å². The van der Waals surface area contributed by atoms with Crippen molar-refractivity contribution in [3.05, 3.63) is 23.0 Å². The summed E-state index contributed by atoms with van der Waals surface area (Å²) in [5.41, 5.74) is 5.17. The van der Waals surface area contributed by atoms with Gasteiger partial charge in [-0.25, -0.2) is 4.39 Å². The van der Waals surface area contributed by atoms with E-state index in [9.17, 15) is 4.39 Å². The van der Waals surface area contributed by atoms with Crippen LogP contribution in [-0.2, 0) is 0 Å². The lowest BCUT2D eigenvalue weighted by molar-refractivity contribution is 0.470. The molecule has 0 aliphatic carbocycles. The number of hydrogen-bond acceptors (Lipinski definition) is 2. The van der Waals surface area contributed by atoms with Crippen LogP contribution in [0.15, 0.2) is 12.1 Å². The molecule has 0 radical (unpaired) electrons. The number of benzene rings is 1. The number of phenols is 1. The molecule has 0 aromatic heterocycles. The van der Waals surface area contributed by atoms with E-state index >= 15 is 0 Å². The van der Waals surface area contributed by atoms with Gasteiger partial charge in [0.05, 0.1) is 5.69 Å². The Labute approximate surface area is 84.3 Å². The molecule has 6 heteroatoms. The maximum atomic E-state index is 13.2. The van der Waals surface area contributed by atoms with Crippen molar-refractivity contribution in [3.63, 3.8) is 0 Å². The van der Waals surface area contributed by atoms with Gasteiger partial charge in [-0.3, -0.25) is 0 Å². The molecule has 0 aliphatic rings. The van der Waals surface area contributed by atoms with Crippen molar-refractivity contribution < 1.29 is 9.50 Å². The summed E-state index contributed by atoms with van der Waals surface area (Å²) in [5, 5.41) is 10.9. The molecule has 0 heterocycles. The van der Waals surface area contributed by atoms with Crippen molar-refractivity contribution in [3.8, 4) is 5.75 Å². The third kappa shape index (κ3) is 2.19. The highest BCUT2D eigenvalue weighted by Gasteiger charge is 2.10. The quantitative estimate of drug-likeness (QED) is 0.499. The lowest BCUT2D eigenvalue weighted by Crippen LogP contribution is -2.19. The van der Waals surface area contributed by atoms with Gasteiger partial charge in [0.15, 0.2) is 10.9 Å². The molecule has 0 saturated heterocycles. The number of phenolic OH excluding ortho intramolecular Hbond substituents is 1. The first kappa shape index (κ1) is 10.0. The van der Waals surface area contributed by atoms with E-state index in [1.54, 1.807) is 0 Å². The minimum absolute atomic E-state index is 0.0373. The number of aromatic hydroxyl groups is 1. The number of nitrogens with two attached hydrogens (primary N) is 1. The molecule has 0 unspecified atom stereocenters. The maximum Gasteiger partial charge on any atom is 0.169 e. The Morgan fingerprint density at radius 3 is 2.77 bits per heavy atom. The van der Waals surface area contributed by atoms with Crippen LogP contribution in [0.5, 0.6) is 5.75 Å². The highest BCUT2D eigenvalue weighted by Crippen LogP contribution is 2.30. The molecule has 0 atom stereocenters. The van der Waals surface area contributed by atoms with Crippen LogP contribution in [0.4, 0.5) is 10.1 Å². The Morgan fingerprint density at radius 2 is 2.23 bits per heavy atom. The van der Waals surface area contributed by atoms with Crippen molar-refractivity contribution in [1.82, 2.24) is 0 Å². The van der Waals surface area contributed by atoms with Crippen LogP contribution in [0.25, 0.3) is 0 Å². The molecule has 1 rings (SSSR count). The summed E-state index contributed by atoms with van der Waals surface area (Å²) in [7, 11) is 0. The molecule has 0 aliphatic heterocycles. The van der Waals surface area contributed by atoms with Crippen LogP contribution in [-0.4, -0.2) is 10.2 Å². The number of halogens is 2. The Balaban J connectivity index is 3.10. The molecule has 13 heavy (non-hydrogen) atoms. The summed E-state index contributed by atoms with van der Waals surface area (Å²) in [5.74, 6) is -1.11. The first-order valence-electron chi connectivity index (χ1n) is 3.26. The van der Waals surface area contributed by atoms with Gasteiger partial charge in [-0.05, 0) is 24.4 Å². The molecule has 3 nitrogen and oxygen atoms in total. The highest BCUT2D eigenvalue weighted by molar-refractivity contribution is 7.80. The average Bonchev–Trinajstić information content (AvgIpc) is 2.06. The van der Waals surface area contributed by atoms with E-state index in [0.717, 1.165) is 0 Å². The molecule has 0 bridgehead atoms. The van der Waals surface area contributed by atoms with Crippen LogP contribution < -0.4 is 11.1 Å². The van der Waals surface area contributed by atoms with E-state index in [1.807, 2.05) is 0 Å². The summed E-state index contributed by atoms with van der Waals surface area (Å²) >= 11 is 9.92. The fraction of sp³-hybridized carbons (Fsp3) is 0. The summed E-state index contributed by atoms with van der Waals surface area (Å²) in [6, 6.07) is 2.53. The van der Waals surface area contributed by atoms with Gasteiger partial charge in [-0.1, -0.05) is 11.6 Å². The molecule has 0 saturated carbocycles. The molecule has 4 N–H and O–H groups in total. The average molecular weight is 221 g/mol. The molecule has 70 valence electrons. The standard InChI is InChI=1S/C7H6ClFN2OS/c8-5-4(12)2-1-3(6(5)9)11-7(10)13/h1-2,12H,(H3,10,11,13). The monoisotopic (exact) mass is 220 g/mol. The van der Waals surface area contributed by atoms with Crippen LogP contribution in [0, 0.1) is 5.82 Å². The van der Waals surface area contributed by atoms with Crippen molar-refractivity contribution >= 4 is 34.6 Å². The third-order valence-electron chi connectivity index (χ3n) is 1.32. The normalized spacial score (nSPS) is 9.69. The molecule has 1 aromatic carbocycles. The van der Waals surface area contributed by atoms with Crippen molar-refractivity contribution in [2.75, 3.05) is 5.32 Å². The van der Waals surface area contributed by atoms with Gasteiger partial charge in [-0.2, -0.15) is 0 Å². The highest BCUT2D eigenvalue weighted by atomic mass is 35.5. The molecule has 0 amide bonds. The molecule has 0 spiro atoms. The van der Waals surface area contributed by atoms with Gasteiger partial charge in [0.1, 0.15) is 10.8 Å². The Morgan fingerprint density at radius 1 is 1.62 bits per heavy atom. The number of hydrogen-bond donors (Lipinski definition) is 3. The fourth-order valence-electron chi connectivity index (χ4n) is 0.769. The van der Waals surface area contributed by atoms with E-state index in [2.05, 4.69) is 17.5 Å². The van der Waals surface area contributed by atoms with E-state index in [-0.39, 0.29) is 21.6 Å². The topological polar surface area (TPSA) is 58.3 Å². The number of rotatable bonds is 1. The second-order valence-electron chi connectivity index (χ2n) is 2.25. The minimum atomic E-state index is -0.783. The smallest absolute Gasteiger partial charge is 0.169 e. The van der Waals surface area contributed by atoms with E-state index in [0.29, 0.717) is 0 Å². The molecule has 1 aromatic rings. The second-order valence-corrected chi connectivity index (χ2v) is 3.07. The first-order chi connectivity index (χ1) is 6.02. The van der Waals surface area contributed by atoms with Gasteiger partial charge >= 0.3 is 0 Å². The zero-order chi connectivity index (χ0) is 10.0. The van der Waals surface area contributed by atoms with Crippen molar-refractivity contribution in [2.45, 2.75) is 0 Å². The van der Waals surface area contributed by atoms with Gasteiger partial charge in [-0.15, -0.1) is 0 Å². The molecular weight excluding hydrogens is 215 g/mol. The van der Waals surface area contributed by atoms with E-state index in [1.165, 1.54) is 12.1 Å². The van der Waals surface area contributed by atoms with Gasteiger partial charge in [0.25, 0.3) is 0 Å². The van der Waals surface area contributed by atoms with E-state index < -0.39 is 5.82 Å². The van der Waals surface area contributed by atoms with Gasteiger partial charge < -0.3 is 16.2 Å². The van der Waals surface area contributed by atoms with Gasteiger partial charge in [0, 0.05) is 0 Å². The summed E-state index contributed by atoms with van der Waals surface area (Å²) in [4.78, 5) is 0. The Bertz CT molecular complexity index is 359. The second kappa shape index (κ2) is 3.76. The lowest BCUT2D eigenvalue weighted by atomic mass is 10.3. The first-order valence-corrected chi connectivity index (χ1v) is 4.04. The van der Waals surface area contributed by atoms with Gasteiger partial charge in [0.2, 0.25) is 0 Å². The van der Waals surface area contributed by atoms with Crippen LogP contribution in [0.2, 0.25) is 5.02 Å². The Hall–Kier alpha value is -1.07. The van der Waals surface area contributed by atoms with Crippen LogP contribution >= 0.6 is 23.8 Å². The predicted octanol–water partition coefficient (Wildman–Crippen LogP) is 1.84. The summed E-state index contributed by atoms with van der Waals surface area (Å²) in [6.07, 6.45) is 0. The number of thiocarbonyl (C=S) groups is 1. The number of anilines is 1. The zero-order valence-electron chi connectivity index (χ0n) is 6.34. The minimum Gasteiger partial charge on any atom is -0.506 e. The molecular formula is C7H6ClFN2OS. The summed E-state index contributed by atoms with van der Waals surface area (Å²) < 4.78 is 13.2. The number of nitrogens with one attached hydrogen (secondary N) is 1. The summed E-state index contributed by atoms with van der Waals surface area (Å²) in [6.45, 7) is 0. The largest absolute Gasteiger partial charge is 0.506 e. The van der Waals surface area contributed by atoms with Crippen LogP contribution in [0.1, 0.15) is 0 Å². The fourth-order valence-corrected chi connectivity index (χ4v) is 1.04. The van der Waals surface area contributed by atoms with Crippen molar-refractivity contribution in [2.24, 2.45) is 5.73 Å². The Kier molecular flexibility index (Phi) is 2.90. The van der Waals surface area contributed by atoms with Crippen LogP contribution in [0.3, 0.4) is 0 Å². The third-order valence-corrected chi connectivity index (χ3v) is 1.78. The SMILES string of the molecule is NC(=S)Nc1ccc(O)c(Cl)c1F. The molecule has 0 fully saturated rings. The predicted molar refractivity (Wildman–Crippen MR) is 53.5 cm³/mol. The lowest BCUT2D eigenvalue weighted by Gasteiger charge is -2.06. The zero-order valence-corrected chi connectivity index (χ0v) is 7.92.